The topological polar surface area (TPSA) is 67.4 Å². The maximum Gasteiger partial charge on any atom is 0.243 e. The fraction of sp³-hybridized carbons (Fsp3) is 0.250. The Labute approximate surface area is 133 Å². The van der Waals surface area contributed by atoms with Crippen LogP contribution in [0.4, 0.5) is 5.69 Å². The Bertz CT molecular complexity index is 609. The zero-order valence-corrected chi connectivity index (χ0v) is 13.1. The third-order valence-corrected chi connectivity index (χ3v) is 3.69. The van der Waals surface area contributed by atoms with E-state index in [0.717, 1.165) is 10.6 Å². The zero-order chi connectivity index (χ0) is 15.8. The van der Waals surface area contributed by atoms with Gasteiger partial charge in [-0.25, -0.2) is 0 Å². The van der Waals surface area contributed by atoms with E-state index in [9.17, 15) is 9.59 Å². The Morgan fingerprint density at radius 2 is 1.91 bits per heavy atom. The second-order valence-corrected chi connectivity index (χ2v) is 5.57. The van der Waals surface area contributed by atoms with Crippen molar-refractivity contribution in [2.24, 2.45) is 0 Å². The Balaban J connectivity index is 1.74. The second-order valence-electron chi connectivity index (χ2n) is 4.54. The van der Waals surface area contributed by atoms with Crippen molar-refractivity contribution in [3.63, 3.8) is 0 Å². The lowest BCUT2D eigenvalue weighted by atomic mass is 10.3. The highest BCUT2D eigenvalue weighted by Crippen LogP contribution is 2.15. The zero-order valence-electron chi connectivity index (χ0n) is 12.3. The Morgan fingerprint density at radius 1 is 1.14 bits per heavy atom. The van der Waals surface area contributed by atoms with Crippen molar-refractivity contribution >= 4 is 28.8 Å². The molecule has 2 N–H and O–H groups in total. The number of hydrogen-bond acceptors (Lipinski definition) is 4. The minimum Gasteiger partial charge on any atom is -0.494 e. The summed E-state index contributed by atoms with van der Waals surface area (Å²) in [6, 6.07) is 10.9. The van der Waals surface area contributed by atoms with Gasteiger partial charge >= 0.3 is 0 Å². The maximum absolute atomic E-state index is 11.8. The summed E-state index contributed by atoms with van der Waals surface area (Å²) >= 11 is 1.52. The first-order valence-electron chi connectivity index (χ1n) is 6.99. The predicted molar refractivity (Wildman–Crippen MR) is 87.3 cm³/mol. The molecule has 1 aromatic carbocycles. The molecule has 6 heteroatoms. The van der Waals surface area contributed by atoms with Gasteiger partial charge in [0.25, 0.3) is 0 Å². The van der Waals surface area contributed by atoms with Gasteiger partial charge in [-0.3, -0.25) is 9.59 Å². The molecule has 0 unspecified atom stereocenters. The molecule has 2 aromatic rings. The molecule has 0 spiro atoms. The molecule has 0 saturated heterocycles. The Hall–Kier alpha value is -2.34. The first kappa shape index (κ1) is 16.0. The van der Waals surface area contributed by atoms with E-state index in [2.05, 4.69) is 10.6 Å². The van der Waals surface area contributed by atoms with E-state index in [0.29, 0.717) is 18.7 Å². The number of thiophene rings is 1. The lowest BCUT2D eigenvalue weighted by Gasteiger charge is -2.08. The van der Waals surface area contributed by atoms with Crippen LogP contribution in [0.3, 0.4) is 0 Å². The monoisotopic (exact) mass is 318 g/mol. The van der Waals surface area contributed by atoms with Gasteiger partial charge in [-0.1, -0.05) is 6.07 Å². The van der Waals surface area contributed by atoms with E-state index in [1.807, 2.05) is 24.4 Å². The summed E-state index contributed by atoms with van der Waals surface area (Å²) < 4.78 is 5.33. The molecule has 0 fully saturated rings. The minimum atomic E-state index is -0.260. The van der Waals surface area contributed by atoms with Crippen molar-refractivity contribution in [1.82, 2.24) is 5.32 Å². The fourth-order valence-electron chi connectivity index (χ4n) is 1.82. The summed E-state index contributed by atoms with van der Waals surface area (Å²) in [6.45, 7) is 2.47. The van der Waals surface area contributed by atoms with Crippen molar-refractivity contribution < 1.29 is 14.3 Å². The van der Waals surface area contributed by atoms with Gasteiger partial charge in [0, 0.05) is 10.6 Å². The molecule has 5 nitrogen and oxygen atoms in total. The molecule has 0 aliphatic carbocycles. The molecule has 2 rings (SSSR count). The lowest BCUT2D eigenvalue weighted by molar-refractivity contribution is -0.123. The first-order valence-corrected chi connectivity index (χ1v) is 7.87. The van der Waals surface area contributed by atoms with Crippen molar-refractivity contribution in [3.8, 4) is 5.75 Å². The number of hydrogen-bond donors (Lipinski definition) is 2. The standard InChI is InChI=1S/C16H18N2O3S/c1-2-21-13-7-5-12(6-8-13)18-16(20)11-17-15(19)10-14-4-3-9-22-14/h3-9H,2,10-11H2,1H3,(H,17,19)(H,18,20). The summed E-state index contributed by atoms with van der Waals surface area (Å²) in [6.07, 6.45) is 0.300. The average Bonchev–Trinajstić information content (AvgIpc) is 3.00. The third kappa shape index (κ3) is 5.21. The second kappa shape index (κ2) is 8.19. The molecular weight excluding hydrogens is 300 g/mol. The van der Waals surface area contributed by atoms with Crippen LogP contribution in [0.15, 0.2) is 41.8 Å². The van der Waals surface area contributed by atoms with Crippen LogP contribution in [0.25, 0.3) is 0 Å². The van der Waals surface area contributed by atoms with Gasteiger partial charge < -0.3 is 15.4 Å². The number of rotatable bonds is 7. The minimum absolute atomic E-state index is 0.0442. The average molecular weight is 318 g/mol. The van der Waals surface area contributed by atoms with Crippen LogP contribution in [0.1, 0.15) is 11.8 Å². The largest absolute Gasteiger partial charge is 0.494 e. The smallest absolute Gasteiger partial charge is 0.243 e. The molecular formula is C16H18N2O3S. The highest BCUT2D eigenvalue weighted by molar-refractivity contribution is 7.10. The molecule has 2 amide bonds. The molecule has 0 aliphatic rings. The van der Waals surface area contributed by atoms with E-state index in [1.54, 1.807) is 24.3 Å². The normalized spacial score (nSPS) is 10.0. The molecule has 0 radical (unpaired) electrons. The van der Waals surface area contributed by atoms with Gasteiger partial charge in [-0.2, -0.15) is 0 Å². The van der Waals surface area contributed by atoms with Crippen molar-refractivity contribution in [2.75, 3.05) is 18.5 Å². The van der Waals surface area contributed by atoms with Crippen LogP contribution < -0.4 is 15.4 Å². The van der Waals surface area contributed by atoms with E-state index in [-0.39, 0.29) is 18.4 Å². The van der Waals surface area contributed by atoms with E-state index < -0.39 is 0 Å². The van der Waals surface area contributed by atoms with Crippen LogP contribution in [-0.2, 0) is 16.0 Å². The van der Waals surface area contributed by atoms with Crippen LogP contribution in [-0.4, -0.2) is 25.0 Å². The number of amides is 2. The third-order valence-electron chi connectivity index (χ3n) is 2.81. The number of ether oxygens (including phenoxy) is 1. The summed E-state index contributed by atoms with van der Waals surface area (Å²) in [5.74, 6) is 0.331. The lowest BCUT2D eigenvalue weighted by Crippen LogP contribution is -2.33. The molecule has 0 bridgehead atoms. The van der Waals surface area contributed by atoms with Gasteiger partial charge in [0.15, 0.2) is 0 Å². The molecule has 0 saturated carbocycles. The van der Waals surface area contributed by atoms with Crippen LogP contribution in [0.2, 0.25) is 0 Å². The van der Waals surface area contributed by atoms with Crippen molar-refractivity contribution in [3.05, 3.63) is 46.7 Å². The number of carbonyl (C=O) groups is 2. The summed E-state index contributed by atoms with van der Waals surface area (Å²) in [5, 5.41) is 7.24. The molecule has 1 aromatic heterocycles. The van der Waals surface area contributed by atoms with Gasteiger partial charge in [0.2, 0.25) is 11.8 Å². The summed E-state index contributed by atoms with van der Waals surface area (Å²) in [7, 11) is 0. The van der Waals surface area contributed by atoms with Crippen LogP contribution in [0.5, 0.6) is 5.75 Å². The van der Waals surface area contributed by atoms with E-state index in [4.69, 9.17) is 4.74 Å². The van der Waals surface area contributed by atoms with Gasteiger partial charge in [0.1, 0.15) is 5.75 Å². The van der Waals surface area contributed by atoms with Crippen molar-refractivity contribution in [1.29, 1.82) is 0 Å². The molecule has 1 heterocycles. The van der Waals surface area contributed by atoms with Crippen LogP contribution in [0, 0.1) is 0 Å². The number of anilines is 1. The Kier molecular flexibility index (Phi) is 5.97. The highest BCUT2D eigenvalue weighted by atomic mass is 32.1. The highest BCUT2D eigenvalue weighted by Gasteiger charge is 2.07. The first-order chi connectivity index (χ1) is 10.7. The maximum atomic E-state index is 11.8. The fourth-order valence-corrected chi connectivity index (χ4v) is 2.52. The van der Waals surface area contributed by atoms with Crippen LogP contribution >= 0.6 is 11.3 Å². The Morgan fingerprint density at radius 3 is 2.55 bits per heavy atom. The number of nitrogens with one attached hydrogen (secondary N) is 2. The van der Waals surface area contributed by atoms with Gasteiger partial charge in [-0.15, -0.1) is 11.3 Å². The predicted octanol–water partition coefficient (Wildman–Crippen LogP) is 2.44. The molecule has 0 aliphatic heterocycles. The SMILES string of the molecule is CCOc1ccc(NC(=O)CNC(=O)Cc2cccs2)cc1. The van der Waals surface area contributed by atoms with Crippen molar-refractivity contribution in [2.45, 2.75) is 13.3 Å². The van der Waals surface area contributed by atoms with E-state index >= 15 is 0 Å². The molecule has 22 heavy (non-hydrogen) atoms. The molecule has 116 valence electrons. The number of carbonyl (C=O) groups excluding carboxylic acids is 2. The molecule has 0 atom stereocenters. The van der Waals surface area contributed by atoms with Gasteiger partial charge in [-0.05, 0) is 42.6 Å². The quantitative estimate of drug-likeness (QED) is 0.824. The summed E-state index contributed by atoms with van der Waals surface area (Å²) in [4.78, 5) is 24.4. The summed E-state index contributed by atoms with van der Waals surface area (Å²) in [5.41, 5.74) is 0.668. The van der Waals surface area contributed by atoms with E-state index in [1.165, 1.54) is 11.3 Å². The van der Waals surface area contributed by atoms with Gasteiger partial charge in [0.05, 0.1) is 19.6 Å². The number of benzene rings is 1.